The number of aliphatic hydroxyl groups excluding tert-OH is 1. The summed E-state index contributed by atoms with van der Waals surface area (Å²) in [6.45, 7) is 14.8. The molecule has 0 spiro atoms. The van der Waals surface area contributed by atoms with Crippen molar-refractivity contribution in [1.82, 2.24) is 0 Å². The molecule has 32 heavy (non-hydrogen) atoms. The molecule has 0 bridgehead atoms. The lowest BCUT2D eigenvalue weighted by molar-refractivity contribution is -0.0571. The van der Waals surface area contributed by atoms with Crippen molar-refractivity contribution in [3.63, 3.8) is 0 Å². The van der Waals surface area contributed by atoms with E-state index >= 15 is 0 Å². The number of fused-ring (bicyclic) bond motifs is 5. The third-order valence-electron chi connectivity index (χ3n) is 11.6. The normalized spacial score (nSPS) is 42.8. The van der Waals surface area contributed by atoms with Crippen LogP contribution >= 0.6 is 0 Å². The van der Waals surface area contributed by atoms with Gasteiger partial charge in [0.2, 0.25) is 0 Å². The molecule has 1 N–H and O–H groups in total. The van der Waals surface area contributed by atoms with E-state index in [9.17, 15) is 5.11 Å². The van der Waals surface area contributed by atoms with E-state index in [1.165, 1.54) is 64.2 Å². The predicted octanol–water partition coefficient (Wildman–Crippen LogP) is 8.73. The van der Waals surface area contributed by atoms with Crippen LogP contribution in [-0.4, -0.2) is 11.2 Å². The minimum Gasteiger partial charge on any atom is -0.393 e. The highest BCUT2D eigenvalue weighted by Crippen LogP contribution is 2.67. The van der Waals surface area contributed by atoms with E-state index in [2.05, 4.69) is 53.7 Å². The molecule has 0 aromatic carbocycles. The van der Waals surface area contributed by atoms with Crippen LogP contribution in [0.15, 0.2) is 23.3 Å². The van der Waals surface area contributed by atoms with Gasteiger partial charge in [-0.2, -0.15) is 0 Å². The second-order valence-corrected chi connectivity index (χ2v) is 12.8. The molecule has 8 unspecified atom stereocenters. The Hall–Kier alpha value is -0.560. The van der Waals surface area contributed by atoms with Crippen LogP contribution in [0.4, 0.5) is 0 Å². The van der Waals surface area contributed by atoms with E-state index in [1.807, 2.05) is 0 Å². The molecule has 0 aromatic heterocycles. The van der Waals surface area contributed by atoms with Gasteiger partial charge in [-0.3, -0.25) is 0 Å². The van der Waals surface area contributed by atoms with E-state index in [4.69, 9.17) is 0 Å². The van der Waals surface area contributed by atoms with Crippen molar-refractivity contribution in [2.24, 2.45) is 46.3 Å². The van der Waals surface area contributed by atoms with Crippen LogP contribution in [0.1, 0.15) is 119 Å². The Balaban J connectivity index is 1.46. The highest BCUT2D eigenvalue weighted by molar-refractivity contribution is 5.25. The molecular weight excluding hydrogens is 388 g/mol. The highest BCUT2D eigenvalue weighted by atomic mass is 16.3. The van der Waals surface area contributed by atoms with E-state index in [0.29, 0.717) is 10.8 Å². The molecule has 3 saturated carbocycles. The highest BCUT2D eigenvalue weighted by Gasteiger charge is 2.59. The van der Waals surface area contributed by atoms with Gasteiger partial charge in [-0.1, -0.05) is 57.9 Å². The van der Waals surface area contributed by atoms with Gasteiger partial charge in [0.15, 0.2) is 0 Å². The molecule has 0 radical (unpaired) electrons. The summed E-state index contributed by atoms with van der Waals surface area (Å²) >= 11 is 0. The number of allylic oxidation sites excluding steroid dienone is 3. The van der Waals surface area contributed by atoms with E-state index in [1.54, 1.807) is 11.1 Å². The average Bonchev–Trinajstić information content (AvgIpc) is 3.14. The zero-order chi connectivity index (χ0) is 23.1. The number of rotatable bonds is 7. The minimum absolute atomic E-state index is 0.0847. The van der Waals surface area contributed by atoms with Gasteiger partial charge in [-0.25, -0.2) is 0 Å². The summed E-state index contributed by atoms with van der Waals surface area (Å²) in [5.41, 5.74) is 4.28. The second kappa shape index (κ2) is 9.59. The van der Waals surface area contributed by atoms with Gasteiger partial charge in [0.05, 0.1) is 6.10 Å². The molecule has 4 rings (SSSR count). The fourth-order valence-corrected chi connectivity index (χ4v) is 9.61. The molecule has 1 nitrogen and oxygen atoms in total. The summed E-state index contributed by atoms with van der Waals surface area (Å²) in [5.74, 6) is 5.25. The third kappa shape index (κ3) is 4.08. The van der Waals surface area contributed by atoms with Crippen molar-refractivity contribution in [3.8, 4) is 0 Å². The Bertz CT molecular complexity index is 714. The molecule has 1 heteroatoms. The summed E-state index contributed by atoms with van der Waals surface area (Å²) in [7, 11) is 0. The van der Waals surface area contributed by atoms with Gasteiger partial charge < -0.3 is 5.11 Å². The zero-order valence-corrected chi connectivity index (χ0v) is 22.1. The Morgan fingerprint density at radius 2 is 1.84 bits per heavy atom. The van der Waals surface area contributed by atoms with Crippen molar-refractivity contribution in [3.05, 3.63) is 23.3 Å². The average molecular weight is 441 g/mol. The topological polar surface area (TPSA) is 20.2 Å². The Labute approximate surface area is 199 Å². The fourth-order valence-electron chi connectivity index (χ4n) is 9.61. The first-order valence-electron chi connectivity index (χ1n) is 14.3. The lowest BCUT2D eigenvalue weighted by atomic mass is 9.47. The quantitative estimate of drug-likeness (QED) is 0.392. The van der Waals surface area contributed by atoms with Crippen LogP contribution in [-0.2, 0) is 0 Å². The SMILES string of the molecule is CC=C(CCC(C)C1CCC2C3CC=C4CC(O)CCC4(C)C3CCC12C)C(CC)CC. The molecule has 3 fully saturated rings. The largest absolute Gasteiger partial charge is 0.393 e. The van der Waals surface area contributed by atoms with Crippen LogP contribution in [0.2, 0.25) is 0 Å². The van der Waals surface area contributed by atoms with Crippen molar-refractivity contribution < 1.29 is 5.11 Å². The van der Waals surface area contributed by atoms with Crippen LogP contribution < -0.4 is 0 Å². The number of aliphatic hydroxyl groups is 1. The molecule has 4 aliphatic rings. The van der Waals surface area contributed by atoms with Crippen LogP contribution in [0, 0.1) is 46.3 Å². The van der Waals surface area contributed by atoms with Crippen molar-refractivity contribution in [2.45, 2.75) is 125 Å². The van der Waals surface area contributed by atoms with Gasteiger partial charge in [0.25, 0.3) is 0 Å². The first kappa shape index (κ1) is 24.6. The molecular formula is C31H52O. The summed E-state index contributed by atoms with van der Waals surface area (Å²) in [6, 6.07) is 0. The standard InChI is InChI=1S/C31H52O/c1-7-22(8-2)23(9-3)11-10-21(4)27-14-15-28-26-13-12-24-20-25(32)16-18-30(24,5)29(26)17-19-31(27,28)6/h9,12,21-22,25-29,32H,7-8,10-11,13-20H2,1-6H3. The summed E-state index contributed by atoms with van der Waals surface area (Å²) in [4.78, 5) is 0. The predicted molar refractivity (Wildman–Crippen MR) is 137 cm³/mol. The molecule has 0 saturated heterocycles. The lowest BCUT2D eigenvalue weighted by Crippen LogP contribution is -2.50. The summed E-state index contributed by atoms with van der Waals surface area (Å²) < 4.78 is 0. The van der Waals surface area contributed by atoms with Crippen LogP contribution in [0.3, 0.4) is 0 Å². The monoisotopic (exact) mass is 440 g/mol. The molecule has 0 amide bonds. The van der Waals surface area contributed by atoms with E-state index < -0.39 is 0 Å². The van der Waals surface area contributed by atoms with Crippen molar-refractivity contribution in [2.75, 3.05) is 0 Å². The van der Waals surface area contributed by atoms with Gasteiger partial charge in [0, 0.05) is 0 Å². The fraction of sp³-hybridized carbons (Fsp3) is 0.871. The van der Waals surface area contributed by atoms with E-state index in [-0.39, 0.29) is 6.10 Å². The molecule has 182 valence electrons. The molecule has 8 atom stereocenters. The summed E-state index contributed by atoms with van der Waals surface area (Å²) in [6.07, 6.45) is 20.5. The molecule has 0 heterocycles. The maximum atomic E-state index is 10.3. The Kier molecular flexibility index (Phi) is 7.36. The van der Waals surface area contributed by atoms with Gasteiger partial charge in [-0.15, -0.1) is 0 Å². The van der Waals surface area contributed by atoms with E-state index in [0.717, 1.165) is 48.3 Å². The van der Waals surface area contributed by atoms with Crippen LogP contribution in [0.25, 0.3) is 0 Å². The molecule has 0 aliphatic heterocycles. The van der Waals surface area contributed by atoms with Crippen molar-refractivity contribution in [1.29, 1.82) is 0 Å². The maximum absolute atomic E-state index is 10.3. The number of hydrogen-bond acceptors (Lipinski definition) is 1. The maximum Gasteiger partial charge on any atom is 0.0577 e. The lowest BCUT2D eigenvalue weighted by Gasteiger charge is -2.58. The molecule has 4 aliphatic carbocycles. The Morgan fingerprint density at radius 3 is 2.53 bits per heavy atom. The summed E-state index contributed by atoms with van der Waals surface area (Å²) in [5, 5.41) is 10.3. The smallest absolute Gasteiger partial charge is 0.0577 e. The Morgan fingerprint density at radius 1 is 1.09 bits per heavy atom. The zero-order valence-electron chi connectivity index (χ0n) is 22.1. The second-order valence-electron chi connectivity index (χ2n) is 12.8. The van der Waals surface area contributed by atoms with Crippen LogP contribution in [0.5, 0.6) is 0 Å². The minimum atomic E-state index is -0.0847. The molecule has 0 aromatic rings. The number of hydrogen-bond donors (Lipinski definition) is 1. The third-order valence-corrected chi connectivity index (χ3v) is 11.6. The first-order chi connectivity index (χ1) is 15.3. The first-order valence-corrected chi connectivity index (χ1v) is 14.3. The van der Waals surface area contributed by atoms with Crippen molar-refractivity contribution >= 4 is 0 Å². The van der Waals surface area contributed by atoms with Gasteiger partial charge in [0.1, 0.15) is 0 Å². The van der Waals surface area contributed by atoms with Gasteiger partial charge in [-0.05, 0) is 130 Å². The van der Waals surface area contributed by atoms with Gasteiger partial charge >= 0.3 is 0 Å².